The van der Waals surface area contributed by atoms with Crippen molar-refractivity contribution < 1.29 is 23.9 Å². The predicted molar refractivity (Wildman–Crippen MR) is 120 cm³/mol. The fourth-order valence-corrected chi connectivity index (χ4v) is 4.79. The molecule has 2 saturated heterocycles. The first-order valence-electron chi connectivity index (χ1n) is 11.2. The van der Waals surface area contributed by atoms with Crippen LogP contribution in [-0.2, 0) is 24.5 Å². The van der Waals surface area contributed by atoms with E-state index in [1.54, 1.807) is 25.3 Å². The number of rotatable bonds is 8. The number of carbonyl (C=O) groups is 3. The van der Waals surface area contributed by atoms with Gasteiger partial charge in [-0.05, 0) is 30.7 Å². The van der Waals surface area contributed by atoms with E-state index in [0.717, 1.165) is 13.1 Å². The molecule has 0 radical (unpaired) electrons. The first kappa shape index (κ1) is 24.2. The molecule has 0 aliphatic carbocycles. The minimum absolute atomic E-state index is 0.0332. The van der Waals surface area contributed by atoms with E-state index < -0.39 is 5.41 Å². The normalized spacial score (nSPS) is 24.5. The third kappa shape index (κ3) is 4.66. The molecule has 0 aromatic heterocycles. The summed E-state index contributed by atoms with van der Waals surface area (Å²) in [4.78, 5) is 45.6. The molecule has 32 heavy (non-hydrogen) atoms. The van der Waals surface area contributed by atoms with Crippen molar-refractivity contribution in [3.8, 4) is 5.75 Å². The summed E-state index contributed by atoms with van der Waals surface area (Å²) < 4.78 is 10.5. The van der Waals surface area contributed by atoms with Gasteiger partial charge in [-0.2, -0.15) is 0 Å². The van der Waals surface area contributed by atoms with Crippen LogP contribution in [0.3, 0.4) is 0 Å². The maximum absolute atomic E-state index is 13.7. The lowest BCUT2D eigenvalue weighted by Crippen LogP contribution is -2.57. The van der Waals surface area contributed by atoms with Gasteiger partial charge < -0.3 is 19.3 Å². The molecule has 1 aromatic carbocycles. The van der Waals surface area contributed by atoms with E-state index in [4.69, 9.17) is 9.47 Å². The maximum atomic E-state index is 13.7. The minimum atomic E-state index is -1.23. The number of hydrogen-bond donors (Lipinski definition) is 0. The second kappa shape index (κ2) is 10.0. The highest BCUT2D eigenvalue weighted by Gasteiger charge is 2.54. The Bertz CT molecular complexity index is 858. The zero-order valence-electron chi connectivity index (χ0n) is 19.8. The quantitative estimate of drug-likeness (QED) is 0.565. The second-order valence-corrected chi connectivity index (χ2v) is 9.17. The smallest absolute Gasteiger partial charge is 0.240 e. The van der Waals surface area contributed by atoms with Crippen molar-refractivity contribution in [1.82, 2.24) is 14.7 Å². The Morgan fingerprint density at radius 2 is 1.97 bits per heavy atom. The second-order valence-electron chi connectivity index (χ2n) is 9.17. The summed E-state index contributed by atoms with van der Waals surface area (Å²) in [6, 6.07) is 7.23. The molecule has 1 aromatic rings. The number of hydrogen-bond acceptors (Lipinski definition) is 6. The third-order valence-corrected chi connectivity index (χ3v) is 6.71. The standard InChI is InChI=1S/C24H35N3O5/c1-17(2)20-16-25(3)9-10-26(20)21(28)14-24(18-7-6-8-19(13-18)32-5)15-22(29)27(23(24)30)11-12-31-4/h6-8,13,17,20H,9-12,14-16H2,1-5H3/t20-,24?/m1/s1. The molecule has 8 heteroatoms. The molecule has 0 saturated carbocycles. The van der Waals surface area contributed by atoms with Gasteiger partial charge >= 0.3 is 0 Å². The largest absolute Gasteiger partial charge is 0.497 e. The van der Waals surface area contributed by atoms with Crippen LogP contribution in [0, 0.1) is 5.92 Å². The Kier molecular flexibility index (Phi) is 7.56. The number of nitrogens with zero attached hydrogens (tertiary/aromatic N) is 3. The summed E-state index contributed by atoms with van der Waals surface area (Å²) in [7, 11) is 5.14. The molecule has 0 bridgehead atoms. The van der Waals surface area contributed by atoms with Crippen molar-refractivity contribution in [3.63, 3.8) is 0 Å². The summed E-state index contributed by atoms with van der Waals surface area (Å²) in [6.45, 7) is 6.85. The average molecular weight is 446 g/mol. The molecule has 3 amide bonds. The molecule has 2 fully saturated rings. The van der Waals surface area contributed by atoms with Gasteiger partial charge in [-0.25, -0.2) is 0 Å². The van der Waals surface area contributed by atoms with Gasteiger partial charge in [0.2, 0.25) is 17.7 Å². The van der Waals surface area contributed by atoms with E-state index in [-0.39, 0.29) is 55.7 Å². The molecule has 2 heterocycles. The van der Waals surface area contributed by atoms with Crippen LogP contribution in [0.15, 0.2) is 24.3 Å². The van der Waals surface area contributed by atoms with Gasteiger partial charge in [-0.3, -0.25) is 19.3 Å². The molecular weight excluding hydrogens is 410 g/mol. The number of likely N-dealkylation sites (N-methyl/N-ethyl adjacent to an activating group) is 1. The highest BCUT2D eigenvalue weighted by Crippen LogP contribution is 2.41. The van der Waals surface area contributed by atoms with E-state index in [1.165, 1.54) is 12.0 Å². The Morgan fingerprint density at radius 1 is 1.22 bits per heavy atom. The lowest BCUT2D eigenvalue weighted by atomic mass is 9.75. The Hall–Kier alpha value is -2.45. The highest BCUT2D eigenvalue weighted by molar-refractivity contribution is 6.10. The van der Waals surface area contributed by atoms with Crippen LogP contribution in [0.25, 0.3) is 0 Å². The molecule has 0 spiro atoms. The summed E-state index contributed by atoms with van der Waals surface area (Å²) in [5.41, 5.74) is -0.597. The van der Waals surface area contributed by atoms with E-state index in [2.05, 4.69) is 25.8 Å². The zero-order valence-corrected chi connectivity index (χ0v) is 19.8. The molecule has 8 nitrogen and oxygen atoms in total. The van der Waals surface area contributed by atoms with Crippen LogP contribution in [0.2, 0.25) is 0 Å². The van der Waals surface area contributed by atoms with Crippen LogP contribution in [-0.4, -0.2) is 92.5 Å². The lowest BCUT2D eigenvalue weighted by molar-refractivity contribution is -0.145. The minimum Gasteiger partial charge on any atom is -0.497 e. The van der Waals surface area contributed by atoms with Crippen LogP contribution in [0.4, 0.5) is 0 Å². The summed E-state index contributed by atoms with van der Waals surface area (Å²) >= 11 is 0. The Labute approximate surface area is 190 Å². The number of piperazine rings is 1. The van der Waals surface area contributed by atoms with Gasteiger partial charge in [0.05, 0.1) is 25.7 Å². The third-order valence-electron chi connectivity index (χ3n) is 6.71. The van der Waals surface area contributed by atoms with Gasteiger partial charge in [0.15, 0.2) is 0 Å². The average Bonchev–Trinajstić information content (AvgIpc) is 3.01. The number of ether oxygens (including phenoxy) is 2. The topological polar surface area (TPSA) is 79.4 Å². The number of amides is 3. The van der Waals surface area contributed by atoms with Crippen LogP contribution in [0.1, 0.15) is 32.3 Å². The number of imide groups is 1. The Balaban J connectivity index is 1.97. The molecule has 2 atom stereocenters. The molecule has 3 rings (SSSR count). The number of likely N-dealkylation sites (tertiary alicyclic amines) is 1. The van der Waals surface area contributed by atoms with Crippen molar-refractivity contribution in [3.05, 3.63) is 29.8 Å². The van der Waals surface area contributed by atoms with E-state index in [9.17, 15) is 14.4 Å². The van der Waals surface area contributed by atoms with Crippen molar-refractivity contribution in [2.45, 2.75) is 38.1 Å². The van der Waals surface area contributed by atoms with Crippen molar-refractivity contribution in [1.29, 1.82) is 0 Å². The predicted octanol–water partition coefficient (Wildman–Crippen LogP) is 1.53. The number of benzene rings is 1. The summed E-state index contributed by atoms with van der Waals surface area (Å²) in [5, 5.41) is 0. The first-order valence-corrected chi connectivity index (χ1v) is 11.2. The molecule has 176 valence electrons. The highest BCUT2D eigenvalue weighted by atomic mass is 16.5. The van der Waals surface area contributed by atoms with Crippen LogP contribution in [0.5, 0.6) is 5.75 Å². The molecular formula is C24H35N3O5. The first-order chi connectivity index (χ1) is 15.2. The van der Waals surface area contributed by atoms with Crippen LogP contribution >= 0.6 is 0 Å². The maximum Gasteiger partial charge on any atom is 0.240 e. The van der Waals surface area contributed by atoms with E-state index in [0.29, 0.717) is 17.9 Å². The summed E-state index contributed by atoms with van der Waals surface area (Å²) in [6.07, 6.45) is -0.0737. The molecule has 0 N–H and O–H groups in total. The van der Waals surface area contributed by atoms with E-state index >= 15 is 0 Å². The Morgan fingerprint density at radius 3 is 2.62 bits per heavy atom. The molecule has 1 unspecified atom stereocenters. The lowest BCUT2D eigenvalue weighted by Gasteiger charge is -2.43. The van der Waals surface area contributed by atoms with Gasteiger partial charge in [0.25, 0.3) is 0 Å². The molecule has 2 aliphatic rings. The van der Waals surface area contributed by atoms with E-state index in [1.807, 2.05) is 11.0 Å². The van der Waals surface area contributed by atoms with Crippen molar-refractivity contribution in [2.75, 3.05) is 54.1 Å². The zero-order chi connectivity index (χ0) is 23.5. The van der Waals surface area contributed by atoms with Gasteiger partial charge in [0, 0.05) is 45.6 Å². The van der Waals surface area contributed by atoms with Crippen molar-refractivity contribution in [2.24, 2.45) is 5.92 Å². The number of methoxy groups -OCH3 is 2. The van der Waals surface area contributed by atoms with Gasteiger partial charge in [-0.15, -0.1) is 0 Å². The SMILES string of the molecule is COCCN1C(=O)CC(CC(=O)N2CCN(C)C[C@@H]2C(C)C)(c2cccc(OC)c2)C1=O. The van der Waals surface area contributed by atoms with Crippen LogP contribution < -0.4 is 4.74 Å². The van der Waals surface area contributed by atoms with Gasteiger partial charge in [-0.1, -0.05) is 26.0 Å². The summed E-state index contributed by atoms with van der Waals surface area (Å²) in [5.74, 6) is 0.172. The number of carbonyl (C=O) groups excluding carboxylic acids is 3. The van der Waals surface area contributed by atoms with Gasteiger partial charge in [0.1, 0.15) is 5.75 Å². The monoisotopic (exact) mass is 445 g/mol. The fourth-order valence-electron chi connectivity index (χ4n) is 4.79. The fraction of sp³-hybridized carbons (Fsp3) is 0.625. The van der Waals surface area contributed by atoms with Crippen molar-refractivity contribution >= 4 is 17.7 Å². The molecule has 2 aliphatic heterocycles.